The molecule has 7 heteroatoms. The van der Waals surface area contributed by atoms with Gasteiger partial charge in [-0.05, 0) is 32.6 Å². The van der Waals surface area contributed by atoms with E-state index >= 15 is 0 Å². The van der Waals surface area contributed by atoms with E-state index in [-0.39, 0.29) is 5.92 Å². The van der Waals surface area contributed by atoms with Gasteiger partial charge in [0, 0.05) is 25.8 Å². The van der Waals surface area contributed by atoms with E-state index in [1.807, 2.05) is 6.92 Å². The van der Waals surface area contributed by atoms with Gasteiger partial charge in [0.2, 0.25) is 5.88 Å². The number of hydrogen-bond acceptors (Lipinski definition) is 6. The Kier molecular flexibility index (Phi) is 5.94. The molecule has 1 saturated heterocycles. The molecular formula is C15H23N3O4. The molecule has 1 atom stereocenters. The molecule has 2 N–H and O–H groups in total. The number of aryl methyl sites for hydroxylation is 1. The summed E-state index contributed by atoms with van der Waals surface area (Å²) in [5.41, 5.74) is 0. The Hall–Kier alpha value is -1.89. The zero-order valence-electron chi connectivity index (χ0n) is 13.0. The van der Waals surface area contributed by atoms with Gasteiger partial charge in [0.05, 0.1) is 12.5 Å². The fourth-order valence-electron chi connectivity index (χ4n) is 2.64. The SMILES string of the molecule is CCOc1cc(NCC(C(=O)O)C2CCOCC2)nc(C)n1. The Morgan fingerprint density at radius 1 is 1.50 bits per heavy atom. The highest BCUT2D eigenvalue weighted by atomic mass is 16.5. The summed E-state index contributed by atoms with van der Waals surface area (Å²) in [6, 6.07) is 1.69. The van der Waals surface area contributed by atoms with E-state index in [9.17, 15) is 9.90 Å². The van der Waals surface area contributed by atoms with Crippen molar-refractivity contribution < 1.29 is 19.4 Å². The number of rotatable bonds is 7. The van der Waals surface area contributed by atoms with E-state index in [4.69, 9.17) is 9.47 Å². The number of nitrogens with one attached hydrogen (secondary N) is 1. The normalized spacial score (nSPS) is 17.0. The molecule has 0 saturated carbocycles. The monoisotopic (exact) mass is 309 g/mol. The van der Waals surface area contributed by atoms with E-state index in [0.29, 0.717) is 43.9 Å². The molecule has 2 heterocycles. The first kappa shape index (κ1) is 16.5. The second-order valence-electron chi connectivity index (χ2n) is 5.35. The number of aromatic nitrogens is 2. The zero-order chi connectivity index (χ0) is 15.9. The van der Waals surface area contributed by atoms with Gasteiger partial charge in [-0.2, -0.15) is 4.98 Å². The standard InChI is InChI=1S/C15H23N3O4/c1-3-22-14-8-13(17-10(2)18-14)16-9-12(15(19)20)11-4-6-21-7-5-11/h8,11-12H,3-7,9H2,1-2H3,(H,19,20)(H,16,17,18). The van der Waals surface area contributed by atoms with E-state index in [2.05, 4.69) is 15.3 Å². The van der Waals surface area contributed by atoms with Gasteiger partial charge in [0.25, 0.3) is 0 Å². The minimum atomic E-state index is -0.782. The van der Waals surface area contributed by atoms with Gasteiger partial charge in [-0.25, -0.2) is 4.98 Å². The lowest BCUT2D eigenvalue weighted by Crippen LogP contribution is -2.34. The van der Waals surface area contributed by atoms with Gasteiger partial charge in [0.1, 0.15) is 11.6 Å². The molecule has 2 rings (SSSR count). The summed E-state index contributed by atoms with van der Waals surface area (Å²) in [5, 5.41) is 12.6. The van der Waals surface area contributed by atoms with Crippen LogP contribution in [-0.2, 0) is 9.53 Å². The number of hydrogen-bond donors (Lipinski definition) is 2. The van der Waals surface area contributed by atoms with Gasteiger partial charge < -0.3 is 19.9 Å². The van der Waals surface area contributed by atoms with E-state index in [0.717, 1.165) is 12.8 Å². The lowest BCUT2D eigenvalue weighted by atomic mass is 9.86. The van der Waals surface area contributed by atoms with Gasteiger partial charge in [-0.3, -0.25) is 4.79 Å². The van der Waals surface area contributed by atoms with Crippen LogP contribution in [0.4, 0.5) is 5.82 Å². The second kappa shape index (κ2) is 7.93. The Morgan fingerprint density at radius 2 is 2.23 bits per heavy atom. The number of ether oxygens (including phenoxy) is 2. The molecule has 0 spiro atoms. The van der Waals surface area contributed by atoms with E-state index in [1.54, 1.807) is 13.0 Å². The Labute approximate surface area is 130 Å². The summed E-state index contributed by atoms with van der Waals surface area (Å²) in [7, 11) is 0. The van der Waals surface area contributed by atoms with Crippen molar-refractivity contribution in [1.82, 2.24) is 9.97 Å². The highest BCUT2D eigenvalue weighted by molar-refractivity contribution is 5.71. The molecule has 0 radical (unpaired) electrons. The van der Waals surface area contributed by atoms with Gasteiger partial charge in [-0.1, -0.05) is 0 Å². The van der Waals surface area contributed by atoms with Crippen molar-refractivity contribution in [3.8, 4) is 5.88 Å². The maximum atomic E-state index is 11.5. The molecule has 1 aromatic rings. The van der Waals surface area contributed by atoms with Crippen LogP contribution in [0.3, 0.4) is 0 Å². The Bertz CT molecular complexity index is 504. The van der Waals surface area contributed by atoms with Crippen molar-refractivity contribution >= 4 is 11.8 Å². The summed E-state index contributed by atoms with van der Waals surface area (Å²) in [5.74, 6) is 0.578. The van der Waals surface area contributed by atoms with Crippen LogP contribution in [0, 0.1) is 18.8 Å². The average Bonchev–Trinajstić information content (AvgIpc) is 2.48. The Morgan fingerprint density at radius 3 is 2.86 bits per heavy atom. The number of carboxylic acids is 1. The maximum absolute atomic E-state index is 11.5. The lowest BCUT2D eigenvalue weighted by Gasteiger charge is -2.27. The summed E-state index contributed by atoms with van der Waals surface area (Å²) in [6.45, 7) is 5.79. The van der Waals surface area contributed by atoms with Gasteiger partial charge in [-0.15, -0.1) is 0 Å². The van der Waals surface area contributed by atoms with E-state index in [1.165, 1.54) is 0 Å². The van der Waals surface area contributed by atoms with Crippen molar-refractivity contribution in [3.05, 3.63) is 11.9 Å². The molecule has 1 aromatic heterocycles. The smallest absolute Gasteiger partial charge is 0.308 e. The summed E-state index contributed by atoms with van der Waals surface area (Å²) < 4.78 is 10.7. The largest absolute Gasteiger partial charge is 0.481 e. The third kappa shape index (κ3) is 4.56. The highest BCUT2D eigenvalue weighted by Crippen LogP contribution is 2.25. The van der Waals surface area contributed by atoms with Crippen molar-refractivity contribution in [2.24, 2.45) is 11.8 Å². The van der Waals surface area contributed by atoms with Gasteiger partial charge in [0.15, 0.2) is 0 Å². The predicted molar refractivity (Wildman–Crippen MR) is 81.1 cm³/mol. The molecule has 0 aromatic carbocycles. The fourth-order valence-corrected chi connectivity index (χ4v) is 2.64. The van der Waals surface area contributed by atoms with Crippen LogP contribution < -0.4 is 10.1 Å². The second-order valence-corrected chi connectivity index (χ2v) is 5.35. The third-order valence-corrected chi connectivity index (χ3v) is 3.76. The number of carbonyl (C=O) groups is 1. The summed E-state index contributed by atoms with van der Waals surface area (Å²) in [6.07, 6.45) is 1.57. The van der Waals surface area contributed by atoms with Crippen LogP contribution in [0.1, 0.15) is 25.6 Å². The third-order valence-electron chi connectivity index (χ3n) is 3.76. The van der Waals surface area contributed by atoms with E-state index < -0.39 is 11.9 Å². The number of aliphatic carboxylic acids is 1. The molecular weight excluding hydrogens is 286 g/mol. The van der Waals surface area contributed by atoms with Crippen LogP contribution in [0.25, 0.3) is 0 Å². The molecule has 0 aliphatic carbocycles. The van der Waals surface area contributed by atoms with Crippen LogP contribution in [-0.4, -0.2) is 47.4 Å². The summed E-state index contributed by atoms with van der Waals surface area (Å²) >= 11 is 0. The molecule has 1 aliphatic heterocycles. The molecule has 22 heavy (non-hydrogen) atoms. The molecule has 1 unspecified atom stereocenters. The zero-order valence-corrected chi connectivity index (χ0v) is 13.0. The first-order chi connectivity index (χ1) is 10.6. The number of carboxylic acid groups (broad SMARTS) is 1. The predicted octanol–water partition coefficient (Wildman–Crippen LogP) is 1.72. The first-order valence-electron chi connectivity index (χ1n) is 7.63. The highest BCUT2D eigenvalue weighted by Gasteiger charge is 2.29. The molecule has 0 bridgehead atoms. The fraction of sp³-hybridized carbons (Fsp3) is 0.667. The molecule has 7 nitrogen and oxygen atoms in total. The van der Waals surface area contributed by atoms with Gasteiger partial charge >= 0.3 is 5.97 Å². The minimum Gasteiger partial charge on any atom is -0.481 e. The maximum Gasteiger partial charge on any atom is 0.308 e. The van der Waals surface area contributed by atoms with Crippen molar-refractivity contribution in [2.75, 3.05) is 31.7 Å². The molecule has 1 fully saturated rings. The quantitative estimate of drug-likeness (QED) is 0.792. The number of nitrogens with zero attached hydrogens (tertiary/aromatic N) is 2. The minimum absolute atomic E-state index is 0.132. The average molecular weight is 309 g/mol. The van der Waals surface area contributed by atoms with Crippen molar-refractivity contribution in [2.45, 2.75) is 26.7 Å². The first-order valence-corrected chi connectivity index (χ1v) is 7.63. The van der Waals surface area contributed by atoms with Crippen LogP contribution in [0.2, 0.25) is 0 Å². The molecule has 0 amide bonds. The topological polar surface area (TPSA) is 93.6 Å². The van der Waals surface area contributed by atoms with Crippen LogP contribution >= 0.6 is 0 Å². The van der Waals surface area contributed by atoms with Crippen LogP contribution in [0.15, 0.2) is 6.07 Å². The molecule has 122 valence electrons. The van der Waals surface area contributed by atoms with Crippen LogP contribution in [0.5, 0.6) is 5.88 Å². The lowest BCUT2D eigenvalue weighted by molar-refractivity contribution is -0.144. The van der Waals surface area contributed by atoms with Crippen molar-refractivity contribution in [3.63, 3.8) is 0 Å². The Balaban J connectivity index is 2.01. The molecule has 1 aliphatic rings. The number of anilines is 1. The van der Waals surface area contributed by atoms with Crippen molar-refractivity contribution in [1.29, 1.82) is 0 Å². The summed E-state index contributed by atoms with van der Waals surface area (Å²) in [4.78, 5) is 20.0.